The molecule has 2 atom stereocenters. The van der Waals surface area contributed by atoms with Crippen LogP contribution in [-0.4, -0.2) is 76.7 Å². The van der Waals surface area contributed by atoms with Crippen LogP contribution in [-0.2, 0) is 17.9 Å². The number of rotatable bonds is 8. The number of aromatic amines is 1. The van der Waals surface area contributed by atoms with Crippen molar-refractivity contribution in [1.29, 1.82) is 0 Å². The first-order valence-corrected chi connectivity index (χ1v) is 18.7. The van der Waals surface area contributed by atoms with E-state index >= 15 is 0 Å². The van der Waals surface area contributed by atoms with Crippen LogP contribution in [0.3, 0.4) is 0 Å². The second kappa shape index (κ2) is 14.3. The zero-order valence-electron chi connectivity index (χ0n) is 28.4. The number of aliphatic hydroxyl groups is 1. The summed E-state index contributed by atoms with van der Waals surface area (Å²) in [5.41, 5.74) is 1.85. The fourth-order valence-electron chi connectivity index (χ4n) is 7.63. The number of aromatic nitrogens is 5. The highest BCUT2D eigenvalue weighted by Crippen LogP contribution is 2.37. The van der Waals surface area contributed by atoms with Crippen LogP contribution in [0.1, 0.15) is 35.6 Å². The summed E-state index contributed by atoms with van der Waals surface area (Å²) in [6.45, 7) is 3.18. The van der Waals surface area contributed by atoms with Crippen LogP contribution in [0.15, 0.2) is 107 Å². The van der Waals surface area contributed by atoms with Crippen molar-refractivity contribution in [3.05, 3.63) is 134 Å². The molecule has 0 spiro atoms. The summed E-state index contributed by atoms with van der Waals surface area (Å²) in [6.07, 6.45) is 8.33. The van der Waals surface area contributed by atoms with Gasteiger partial charge in [0, 0.05) is 83.8 Å². The SMILES string of the molecule is O=C([C@@H]1CCN(Cc2cnc(-c3ccc(=O)[nH]c3)s2)C[C@H]1c1ccccc1)N1CCC(O)(Cn2cnc3c(ccn3-c3cccc(Cl)c3)c2=O)CC1. The van der Waals surface area contributed by atoms with Crippen molar-refractivity contribution in [2.24, 2.45) is 5.92 Å². The summed E-state index contributed by atoms with van der Waals surface area (Å²) in [5, 5.41) is 13.6. The first kappa shape index (κ1) is 34.2. The maximum Gasteiger partial charge on any atom is 0.262 e. The van der Waals surface area contributed by atoms with Crippen molar-refractivity contribution < 1.29 is 9.90 Å². The Balaban J connectivity index is 0.930. The topological polar surface area (TPSA) is 129 Å². The number of carbonyl (C=O) groups excluding carboxylic acids is 1. The van der Waals surface area contributed by atoms with Crippen LogP contribution in [0.2, 0.25) is 5.02 Å². The molecule has 0 radical (unpaired) electrons. The molecule has 11 nitrogen and oxygen atoms in total. The van der Waals surface area contributed by atoms with Gasteiger partial charge in [0.2, 0.25) is 11.5 Å². The van der Waals surface area contributed by atoms with E-state index in [4.69, 9.17) is 11.6 Å². The summed E-state index contributed by atoms with van der Waals surface area (Å²) >= 11 is 7.80. The molecule has 2 aromatic carbocycles. The van der Waals surface area contributed by atoms with E-state index in [1.165, 1.54) is 17.0 Å². The second-order valence-electron chi connectivity index (χ2n) is 13.9. The standard InChI is InChI=1S/C39H38ClN7O4S/c40-28-7-4-8-29(19-28)47-16-12-32-35(47)43-25-46(38(32)50)24-39(51)13-17-45(18-14-39)37(49)31-11-15-44(23-33(31)26-5-2-1-3-6-26)22-30-21-42-36(52-30)27-9-10-34(48)41-20-27/h1-10,12,16,19-21,25,31,33,51H,11,13-15,17-18,22-24H2,(H,41,48)/t31-,33+/m1/s1. The van der Waals surface area contributed by atoms with Gasteiger partial charge in [-0.15, -0.1) is 11.3 Å². The molecule has 0 bridgehead atoms. The molecule has 6 heterocycles. The number of carbonyl (C=O) groups is 1. The van der Waals surface area contributed by atoms with E-state index in [1.807, 2.05) is 52.1 Å². The lowest BCUT2D eigenvalue weighted by atomic mass is 9.79. The van der Waals surface area contributed by atoms with E-state index in [1.54, 1.807) is 41.9 Å². The van der Waals surface area contributed by atoms with Crippen LogP contribution in [0, 0.1) is 5.92 Å². The fourth-order valence-corrected chi connectivity index (χ4v) is 8.76. The summed E-state index contributed by atoms with van der Waals surface area (Å²) in [5.74, 6) is -0.0393. The second-order valence-corrected chi connectivity index (χ2v) is 15.4. The zero-order valence-corrected chi connectivity index (χ0v) is 30.0. The first-order valence-electron chi connectivity index (χ1n) is 17.5. The van der Waals surface area contributed by atoms with E-state index in [0.29, 0.717) is 42.0 Å². The Morgan fingerprint density at radius 1 is 1.00 bits per heavy atom. The number of nitrogens with one attached hydrogen (secondary N) is 1. The molecule has 2 saturated heterocycles. The van der Waals surface area contributed by atoms with Gasteiger partial charge in [-0.2, -0.15) is 0 Å². The van der Waals surface area contributed by atoms with Gasteiger partial charge < -0.3 is 19.6 Å². The molecule has 0 saturated carbocycles. The highest BCUT2D eigenvalue weighted by molar-refractivity contribution is 7.15. The Labute approximate surface area is 308 Å². The van der Waals surface area contributed by atoms with Crippen molar-refractivity contribution >= 4 is 39.9 Å². The highest BCUT2D eigenvalue weighted by Gasteiger charge is 2.41. The first-order chi connectivity index (χ1) is 25.2. The summed E-state index contributed by atoms with van der Waals surface area (Å²) in [4.78, 5) is 56.5. The van der Waals surface area contributed by atoms with Gasteiger partial charge in [0.15, 0.2) is 5.65 Å². The van der Waals surface area contributed by atoms with Gasteiger partial charge in [0.1, 0.15) is 11.3 Å². The molecule has 2 fully saturated rings. The normalized spacial score (nSPS) is 19.2. The number of piperidine rings is 2. The Morgan fingerprint density at radius 3 is 2.60 bits per heavy atom. The van der Waals surface area contributed by atoms with Gasteiger partial charge >= 0.3 is 0 Å². The molecule has 52 heavy (non-hydrogen) atoms. The number of hydrogen-bond donors (Lipinski definition) is 2. The van der Waals surface area contributed by atoms with Crippen LogP contribution >= 0.6 is 22.9 Å². The summed E-state index contributed by atoms with van der Waals surface area (Å²) < 4.78 is 3.31. The number of nitrogens with zero attached hydrogens (tertiary/aromatic N) is 6. The monoisotopic (exact) mass is 735 g/mol. The predicted molar refractivity (Wildman–Crippen MR) is 202 cm³/mol. The van der Waals surface area contributed by atoms with E-state index in [9.17, 15) is 19.5 Å². The number of thiazole rings is 1. The molecule has 6 aromatic rings. The van der Waals surface area contributed by atoms with E-state index in [-0.39, 0.29) is 35.4 Å². The maximum absolute atomic E-state index is 14.2. The number of amides is 1. The third kappa shape index (κ3) is 6.99. The van der Waals surface area contributed by atoms with Gasteiger partial charge in [-0.25, -0.2) is 9.97 Å². The molecule has 8 rings (SSSR count). The summed E-state index contributed by atoms with van der Waals surface area (Å²) in [6, 6.07) is 22.6. The van der Waals surface area contributed by atoms with E-state index < -0.39 is 5.60 Å². The van der Waals surface area contributed by atoms with E-state index in [2.05, 4.69) is 32.0 Å². The molecule has 2 aliphatic rings. The van der Waals surface area contributed by atoms with Crippen LogP contribution in [0.5, 0.6) is 0 Å². The Bertz CT molecular complexity index is 2320. The van der Waals surface area contributed by atoms with Gasteiger partial charge in [0.25, 0.3) is 5.56 Å². The number of fused-ring (bicyclic) bond motifs is 1. The Kier molecular flexibility index (Phi) is 9.39. The average molecular weight is 736 g/mol. The van der Waals surface area contributed by atoms with Gasteiger partial charge in [-0.05, 0) is 61.7 Å². The molecular weight excluding hydrogens is 698 g/mol. The minimum Gasteiger partial charge on any atom is -0.388 e. The molecule has 1 amide bonds. The molecule has 2 N–H and O–H groups in total. The third-order valence-electron chi connectivity index (χ3n) is 10.4. The number of H-pyrrole nitrogens is 1. The molecule has 2 aliphatic heterocycles. The quantitative estimate of drug-likeness (QED) is 0.217. The summed E-state index contributed by atoms with van der Waals surface area (Å²) in [7, 11) is 0. The lowest BCUT2D eigenvalue weighted by Gasteiger charge is -2.43. The van der Waals surface area contributed by atoms with Gasteiger partial charge in [-0.1, -0.05) is 48.0 Å². The zero-order chi connectivity index (χ0) is 35.8. The smallest absolute Gasteiger partial charge is 0.262 e. The predicted octanol–water partition coefficient (Wildman–Crippen LogP) is 5.31. The van der Waals surface area contributed by atoms with Crippen molar-refractivity contribution in [1.82, 2.24) is 33.9 Å². The van der Waals surface area contributed by atoms with Crippen molar-refractivity contribution in [3.8, 4) is 16.3 Å². The van der Waals surface area contributed by atoms with Crippen molar-refractivity contribution in [2.75, 3.05) is 26.2 Å². The number of benzene rings is 2. The van der Waals surface area contributed by atoms with Crippen LogP contribution in [0.4, 0.5) is 0 Å². The van der Waals surface area contributed by atoms with Crippen LogP contribution in [0.25, 0.3) is 27.3 Å². The Morgan fingerprint density at radius 2 is 1.83 bits per heavy atom. The number of likely N-dealkylation sites (tertiary alicyclic amines) is 2. The van der Waals surface area contributed by atoms with Crippen molar-refractivity contribution in [3.63, 3.8) is 0 Å². The van der Waals surface area contributed by atoms with Gasteiger partial charge in [-0.3, -0.25) is 23.9 Å². The molecule has 0 aliphatic carbocycles. The lowest BCUT2D eigenvalue weighted by Crippen LogP contribution is -2.53. The van der Waals surface area contributed by atoms with Gasteiger partial charge in [0.05, 0.1) is 17.5 Å². The largest absolute Gasteiger partial charge is 0.388 e. The fraction of sp³-hybridized carbons (Fsp3) is 0.308. The van der Waals surface area contributed by atoms with Crippen molar-refractivity contribution in [2.45, 2.75) is 43.9 Å². The molecule has 0 unspecified atom stereocenters. The molecule has 4 aromatic heterocycles. The van der Waals surface area contributed by atoms with E-state index in [0.717, 1.165) is 52.8 Å². The third-order valence-corrected chi connectivity index (χ3v) is 11.7. The minimum absolute atomic E-state index is 0.0189. The number of hydrogen-bond acceptors (Lipinski definition) is 8. The minimum atomic E-state index is -1.14. The Hall–Kier alpha value is -4.88. The number of pyridine rings is 1. The van der Waals surface area contributed by atoms with Crippen LogP contribution < -0.4 is 11.1 Å². The maximum atomic E-state index is 14.2. The lowest BCUT2D eigenvalue weighted by molar-refractivity contribution is -0.142. The number of halogens is 1. The average Bonchev–Trinajstić information content (AvgIpc) is 3.82. The highest BCUT2D eigenvalue weighted by atomic mass is 35.5. The molecule has 266 valence electrons. The molecular formula is C39H38ClN7O4S. The molecule has 13 heteroatoms.